The molecule has 0 aliphatic carbocycles. The number of urea groups is 1. The SMILES string of the molecule is CC(=O)NC1C[C@@H](OC(C)=O)CO[C@H]1OCCOCCOCCOCC(=O)NCCCCC(NC(=O)NC(=O)COCCOCCOCCO[C@@H]1OC[C@H](OC(C)=O)CC1NC(C)=O)C(=O)O. The molecule has 384 valence electrons. The molecule has 2 aliphatic heterocycles. The van der Waals surface area contributed by atoms with Crippen LogP contribution in [-0.2, 0) is 90.4 Å². The number of carbonyl (C=O) groups is 8. The highest BCUT2D eigenvalue weighted by Crippen LogP contribution is 2.20. The second kappa shape index (κ2) is 35.5. The van der Waals surface area contributed by atoms with Gasteiger partial charge in [0.2, 0.25) is 17.7 Å². The van der Waals surface area contributed by atoms with E-state index in [2.05, 4.69) is 21.3 Å². The van der Waals surface area contributed by atoms with Gasteiger partial charge in [-0.15, -0.1) is 0 Å². The summed E-state index contributed by atoms with van der Waals surface area (Å²) in [4.78, 5) is 93.6. The monoisotopic (exact) mass is 967 g/mol. The molecule has 2 heterocycles. The van der Waals surface area contributed by atoms with Crippen LogP contribution in [0.4, 0.5) is 4.79 Å². The Morgan fingerprint density at radius 3 is 1.40 bits per heavy atom. The predicted molar refractivity (Wildman–Crippen MR) is 227 cm³/mol. The predicted octanol–water partition coefficient (Wildman–Crippen LogP) is -1.95. The Bertz CT molecular complexity index is 1510. The zero-order valence-corrected chi connectivity index (χ0v) is 38.7. The number of unbranched alkanes of at least 4 members (excludes halogenated alkanes) is 1. The minimum Gasteiger partial charge on any atom is -0.480 e. The van der Waals surface area contributed by atoms with Crippen molar-refractivity contribution in [2.24, 2.45) is 0 Å². The van der Waals surface area contributed by atoms with Gasteiger partial charge in [0.05, 0.1) is 105 Å². The fourth-order valence-corrected chi connectivity index (χ4v) is 6.32. The third-order valence-corrected chi connectivity index (χ3v) is 9.10. The Morgan fingerprint density at radius 2 is 0.985 bits per heavy atom. The van der Waals surface area contributed by atoms with Crippen LogP contribution >= 0.6 is 0 Å². The number of hydrogen-bond acceptors (Lipinski definition) is 20. The van der Waals surface area contributed by atoms with Crippen molar-refractivity contribution in [3.8, 4) is 0 Å². The Labute approximate surface area is 389 Å². The number of esters is 2. The first-order chi connectivity index (χ1) is 32.1. The molecule has 2 fully saturated rings. The molecule has 6 amide bonds. The van der Waals surface area contributed by atoms with Crippen LogP contribution < -0.4 is 26.6 Å². The zero-order chi connectivity index (χ0) is 49.2. The highest BCUT2D eigenvalue weighted by Gasteiger charge is 2.35. The van der Waals surface area contributed by atoms with Gasteiger partial charge in [-0.3, -0.25) is 34.1 Å². The first-order valence-corrected chi connectivity index (χ1v) is 22.0. The van der Waals surface area contributed by atoms with E-state index >= 15 is 0 Å². The van der Waals surface area contributed by atoms with E-state index in [0.29, 0.717) is 25.7 Å². The number of aliphatic carboxylic acids is 1. The molecule has 7 atom stereocenters. The van der Waals surface area contributed by atoms with E-state index in [1.165, 1.54) is 27.7 Å². The van der Waals surface area contributed by atoms with E-state index < -0.39 is 79.4 Å². The summed E-state index contributed by atoms with van der Waals surface area (Å²) in [6.45, 7) is 7.56. The molecule has 0 aromatic rings. The molecular formula is C41H69N5O21. The number of carboxylic acids is 1. The smallest absolute Gasteiger partial charge is 0.326 e. The molecule has 26 heteroatoms. The maximum absolute atomic E-state index is 12.2. The maximum atomic E-state index is 12.2. The van der Waals surface area contributed by atoms with E-state index in [9.17, 15) is 43.5 Å². The first-order valence-electron chi connectivity index (χ1n) is 22.0. The van der Waals surface area contributed by atoms with Gasteiger partial charge < -0.3 is 83.2 Å². The molecular weight excluding hydrogens is 898 g/mol. The molecule has 6 N–H and O–H groups in total. The number of carbonyl (C=O) groups excluding carboxylic acids is 7. The summed E-state index contributed by atoms with van der Waals surface area (Å²) in [6, 6.07) is -3.26. The Balaban J connectivity index is 1.40. The molecule has 0 bridgehead atoms. The summed E-state index contributed by atoms with van der Waals surface area (Å²) in [7, 11) is 0. The fourth-order valence-electron chi connectivity index (χ4n) is 6.32. The average Bonchev–Trinajstić information content (AvgIpc) is 3.24. The van der Waals surface area contributed by atoms with Crippen molar-refractivity contribution < 1.29 is 100 Å². The van der Waals surface area contributed by atoms with E-state index in [1.807, 2.05) is 5.32 Å². The molecule has 0 aromatic carbocycles. The van der Waals surface area contributed by atoms with Gasteiger partial charge in [-0.1, -0.05) is 0 Å². The number of hydrogen-bond donors (Lipinski definition) is 6. The minimum atomic E-state index is -1.29. The molecule has 0 radical (unpaired) electrons. The van der Waals surface area contributed by atoms with Gasteiger partial charge >= 0.3 is 23.9 Å². The van der Waals surface area contributed by atoms with Crippen molar-refractivity contribution in [3.05, 3.63) is 0 Å². The lowest BCUT2D eigenvalue weighted by Gasteiger charge is -2.35. The Morgan fingerprint density at radius 1 is 0.567 bits per heavy atom. The van der Waals surface area contributed by atoms with E-state index in [0.717, 1.165) is 0 Å². The number of ether oxygens (including phenoxy) is 12. The second-order valence-corrected chi connectivity index (χ2v) is 15.0. The molecule has 2 aliphatic rings. The number of amides is 6. The first kappa shape index (κ1) is 58.5. The summed E-state index contributed by atoms with van der Waals surface area (Å²) in [5, 5.41) is 21.9. The Hall–Kier alpha value is -4.64. The van der Waals surface area contributed by atoms with Gasteiger partial charge in [-0.2, -0.15) is 0 Å². The van der Waals surface area contributed by atoms with Crippen LogP contribution in [0.3, 0.4) is 0 Å². The second-order valence-electron chi connectivity index (χ2n) is 15.0. The van der Waals surface area contributed by atoms with Crippen LogP contribution in [-0.4, -0.2) is 208 Å². The van der Waals surface area contributed by atoms with Crippen LogP contribution in [0.2, 0.25) is 0 Å². The summed E-state index contributed by atoms with van der Waals surface area (Å²) in [5.74, 6) is -3.87. The minimum absolute atomic E-state index is 0.0346. The van der Waals surface area contributed by atoms with Gasteiger partial charge in [-0.05, 0) is 19.3 Å². The third-order valence-electron chi connectivity index (χ3n) is 9.10. The lowest BCUT2D eigenvalue weighted by atomic mass is 10.1. The van der Waals surface area contributed by atoms with Crippen molar-refractivity contribution in [2.75, 3.05) is 112 Å². The number of imide groups is 1. The van der Waals surface area contributed by atoms with Crippen molar-refractivity contribution in [3.63, 3.8) is 0 Å². The zero-order valence-electron chi connectivity index (χ0n) is 38.7. The largest absolute Gasteiger partial charge is 0.480 e. The lowest BCUT2D eigenvalue weighted by molar-refractivity contribution is -0.213. The average molecular weight is 968 g/mol. The summed E-state index contributed by atoms with van der Waals surface area (Å²) in [5.41, 5.74) is 0. The summed E-state index contributed by atoms with van der Waals surface area (Å²) < 4.78 is 65.2. The number of carboxylic acid groups (broad SMARTS) is 1. The van der Waals surface area contributed by atoms with E-state index in [-0.39, 0.29) is 130 Å². The summed E-state index contributed by atoms with van der Waals surface area (Å²) >= 11 is 0. The fraction of sp³-hybridized carbons (Fsp3) is 0.805. The van der Waals surface area contributed by atoms with Crippen LogP contribution in [0, 0.1) is 0 Å². The molecule has 0 saturated carbocycles. The van der Waals surface area contributed by atoms with Crippen LogP contribution in [0.25, 0.3) is 0 Å². The topological polar surface area (TPSA) is 328 Å². The lowest BCUT2D eigenvalue weighted by Crippen LogP contribution is -2.52. The molecule has 3 unspecified atom stereocenters. The van der Waals surface area contributed by atoms with Crippen molar-refractivity contribution in [1.29, 1.82) is 0 Å². The summed E-state index contributed by atoms with van der Waals surface area (Å²) in [6.07, 6.45) is -0.899. The van der Waals surface area contributed by atoms with E-state index in [1.54, 1.807) is 0 Å². The van der Waals surface area contributed by atoms with Gasteiger partial charge in [0, 0.05) is 47.1 Å². The normalized spacial score (nSPS) is 20.7. The molecule has 67 heavy (non-hydrogen) atoms. The van der Waals surface area contributed by atoms with Gasteiger partial charge in [0.15, 0.2) is 12.6 Å². The quantitative estimate of drug-likeness (QED) is 0.0297. The molecule has 0 spiro atoms. The van der Waals surface area contributed by atoms with Crippen molar-refractivity contribution in [1.82, 2.24) is 26.6 Å². The molecule has 2 rings (SSSR count). The highest BCUT2D eigenvalue weighted by molar-refractivity contribution is 5.96. The maximum Gasteiger partial charge on any atom is 0.326 e. The highest BCUT2D eigenvalue weighted by atomic mass is 16.7. The molecule has 0 aromatic heterocycles. The molecule has 2 saturated heterocycles. The van der Waals surface area contributed by atoms with Gasteiger partial charge in [0.1, 0.15) is 31.5 Å². The van der Waals surface area contributed by atoms with Crippen molar-refractivity contribution in [2.45, 2.75) is 103 Å². The number of nitrogens with one attached hydrogen (secondary N) is 5. The van der Waals surface area contributed by atoms with Crippen LogP contribution in [0.5, 0.6) is 0 Å². The third kappa shape index (κ3) is 29.7. The standard InChI is InChI=1S/C41H69N5O21/c1-27(47)43-34-21-31(66-29(3)49)23-64-39(34)62-19-17-58-11-9-56-13-15-60-25-36(51)42-8-6-5-7-33(38(53)54)45-41(55)46-37(52)26-61-16-14-57-10-12-59-18-20-63-40-35(44-28(2)48)22-32(24-65-40)67-30(4)50/h31-35,39-40H,5-26H2,1-4H3,(H,42,51)(H,43,47)(H,44,48)(H,53,54)(H2,45,46,52,55)/t31-,32-,33?,34?,35?,39-,40-/m1/s1. The van der Waals surface area contributed by atoms with Crippen LogP contribution in [0.15, 0.2) is 0 Å². The van der Waals surface area contributed by atoms with Crippen molar-refractivity contribution >= 4 is 47.6 Å². The van der Waals surface area contributed by atoms with Crippen LogP contribution in [0.1, 0.15) is 59.8 Å². The van der Waals surface area contributed by atoms with Gasteiger partial charge in [0.25, 0.3) is 5.91 Å². The molecule has 26 nitrogen and oxygen atoms in total. The van der Waals surface area contributed by atoms with E-state index in [4.69, 9.17) is 56.8 Å². The Kier molecular flexibility index (Phi) is 31.0. The number of rotatable bonds is 35. The van der Waals surface area contributed by atoms with Gasteiger partial charge in [-0.25, -0.2) is 9.59 Å².